The molecule has 1 unspecified atom stereocenters. The fourth-order valence-corrected chi connectivity index (χ4v) is 3.82. The smallest absolute Gasteiger partial charge is 0.235 e. The summed E-state index contributed by atoms with van der Waals surface area (Å²) in [5, 5.41) is 0.526. The van der Waals surface area contributed by atoms with Crippen LogP contribution in [0.5, 0.6) is 11.6 Å². The molecule has 0 radical (unpaired) electrons. The third kappa shape index (κ3) is 4.83. The average molecular weight is 369 g/mol. The number of hydrogen-bond donors (Lipinski definition) is 1. The third-order valence-electron chi connectivity index (χ3n) is 3.48. The van der Waals surface area contributed by atoms with E-state index in [0.29, 0.717) is 28.9 Å². The van der Waals surface area contributed by atoms with E-state index in [1.165, 1.54) is 6.20 Å². The highest BCUT2D eigenvalue weighted by atomic mass is 35.5. The molecule has 1 N–H and O–H groups in total. The topological polar surface area (TPSA) is 77.5 Å². The van der Waals surface area contributed by atoms with Gasteiger partial charge in [-0.1, -0.05) is 11.6 Å². The second-order valence-electron chi connectivity index (χ2n) is 5.46. The van der Waals surface area contributed by atoms with Crippen molar-refractivity contribution in [1.29, 1.82) is 0 Å². The number of aromatic nitrogens is 1. The van der Waals surface area contributed by atoms with Gasteiger partial charge in [-0.15, -0.1) is 0 Å². The first-order valence-electron chi connectivity index (χ1n) is 7.52. The van der Waals surface area contributed by atoms with Gasteiger partial charge in [-0.3, -0.25) is 4.72 Å². The molecule has 1 aromatic heterocycles. The molecule has 24 heavy (non-hydrogen) atoms. The molecule has 2 heterocycles. The number of nitrogens with one attached hydrogen (secondary N) is 1. The molecule has 0 amide bonds. The number of sulfonamides is 1. The van der Waals surface area contributed by atoms with E-state index in [0.717, 1.165) is 12.8 Å². The lowest BCUT2D eigenvalue weighted by atomic mass is 10.3. The normalized spacial score (nSPS) is 17.6. The van der Waals surface area contributed by atoms with E-state index in [2.05, 4.69) is 9.71 Å². The van der Waals surface area contributed by atoms with Crippen LogP contribution in [0.3, 0.4) is 0 Å². The number of rotatable bonds is 6. The molecule has 2 aromatic rings. The Kier molecular flexibility index (Phi) is 5.23. The van der Waals surface area contributed by atoms with Gasteiger partial charge in [0.1, 0.15) is 5.75 Å². The first-order chi connectivity index (χ1) is 11.5. The van der Waals surface area contributed by atoms with Gasteiger partial charge in [0.25, 0.3) is 0 Å². The van der Waals surface area contributed by atoms with Crippen LogP contribution in [0.1, 0.15) is 12.8 Å². The average Bonchev–Trinajstić information content (AvgIpc) is 3.03. The zero-order chi connectivity index (χ0) is 17.0. The van der Waals surface area contributed by atoms with Gasteiger partial charge < -0.3 is 9.47 Å². The summed E-state index contributed by atoms with van der Waals surface area (Å²) < 4.78 is 37.7. The van der Waals surface area contributed by atoms with Crippen molar-refractivity contribution in [3.05, 3.63) is 47.6 Å². The fourth-order valence-electron chi connectivity index (χ4n) is 2.38. The van der Waals surface area contributed by atoms with Crippen molar-refractivity contribution < 1.29 is 17.9 Å². The van der Waals surface area contributed by atoms with Crippen LogP contribution in [0.25, 0.3) is 0 Å². The lowest BCUT2D eigenvalue weighted by Crippen LogP contribution is -2.25. The Bertz CT molecular complexity index is 773. The quantitative estimate of drug-likeness (QED) is 0.844. The molecule has 8 heteroatoms. The van der Waals surface area contributed by atoms with Gasteiger partial charge in [0.2, 0.25) is 15.9 Å². The predicted octanol–water partition coefficient (Wildman–Crippen LogP) is 3.45. The van der Waals surface area contributed by atoms with E-state index in [1.54, 1.807) is 36.4 Å². The molecule has 1 aliphatic heterocycles. The van der Waals surface area contributed by atoms with Crippen LogP contribution in [0.4, 0.5) is 5.69 Å². The number of ether oxygens (including phenoxy) is 2. The van der Waals surface area contributed by atoms with E-state index in [9.17, 15) is 8.42 Å². The highest BCUT2D eigenvalue weighted by Crippen LogP contribution is 2.23. The number of hydrogen-bond acceptors (Lipinski definition) is 5. The summed E-state index contributed by atoms with van der Waals surface area (Å²) in [6.45, 7) is 0.630. The van der Waals surface area contributed by atoms with Crippen molar-refractivity contribution in [1.82, 2.24) is 4.98 Å². The van der Waals surface area contributed by atoms with Crippen LogP contribution >= 0.6 is 11.6 Å². The molecular weight excluding hydrogens is 352 g/mol. The van der Waals surface area contributed by atoms with E-state index >= 15 is 0 Å². The Hall–Kier alpha value is -1.83. The number of halogens is 1. The Morgan fingerprint density at radius 3 is 2.67 bits per heavy atom. The molecule has 0 spiro atoms. The molecule has 6 nitrogen and oxygen atoms in total. The molecular formula is C16H17ClN2O4S. The van der Waals surface area contributed by atoms with Crippen LogP contribution in [0, 0.1) is 0 Å². The maximum absolute atomic E-state index is 12.1. The zero-order valence-electron chi connectivity index (χ0n) is 12.8. The maximum atomic E-state index is 12.1. The van der Waals surface area contributed by atoms with Crippen molar-refractivity contribution in [3.63, 3.8) is 0 Å². The van der Waals surface area contributed by atoms with Gasteiger partial charge in [-0.2, -0.15) is 0 Å². The zero-order valence-corrected chi connectivity index (χ0v) is 14.4. The van der Waals surface area contributed by atoms with Crippen molar-refractivity contribution in [2.45, 2.75) is 18.9 Å². The van der Waals surface area contributed by atoms with Gasteiger partial charge in [0, 0.05) is 24.6 Å². The molecule has 1 atom stereocenters. The minimum atomic E-state index is -3.44. The molecule has 128 valence electrons. The largest absolute Gasteiger partial charge is 0.439 e. The Balaban J connectivity index is 1.60. The number of benzene rings is 1. The van der Waals surface area contributed by atoms with Crippen molar-refractivity contribution in [3.8, 4) is 11.6 Å². The SMILES string of the molecule is O=S(=O)(CC1CCCO1)Nc1ccc(Oc2ccc(Cl)cn2)cc1. The molecule has 1 aliphatic rings. The van der Waals surface area contributed by atoms with Gasteiger partial charge in [0.05, 0.1) is 16.9 Å². The van der Waals surface area contributed by atoms with Crippen molar-refractivity contribution in [2.75, 3.05) is 17.1 Å². The standard InChI is InChI=1S/C16H17ClN2O4S/c17-12-3-8-16(18-10-12)23-14-6-4-13(5-7-14)19-24(20,21)11-15-2-1-9-22-15/h3-8,10,15,19H,1-2,9,11H2. The van der Waals surface area contributed by atoms with Crippen LogP contribution in [0.2, 0.25) is 5.02 Å². The lowest BCUT2D eigenvalue weighted by molar-refractivity contribution is 0.127. The van der Waals surface area contributed by atoms with Gasteiger partial charge in [0.15, 0.2) is 0 Å². The Morgan fingerprint density at radius 2 is 2.04 bits per heavy atom. The predicted molar refractivity (Wildman–Crippen MR) is 92.1 cm³/mol. The fraction of sp³-hybridized carbons (Fsp3) is 0.312. The van der Waals surface area contributed by atoms with Crippen LogP contribution in [-0.4, -0.2) is 31.9 Å². The van der Waals surface area contributed by atoms with Crippen LogP contribution in [0.15, 0.2) is 42.6 Å². The Labute approximate surface area is 145 Å². The summed E-state index contributed by atoms with van der Waals surface area (Å²) in [4.78, 5) is 4.03. The summed E-state index contributed by atoms with van der Waals surface area (Å²) in [6.07, 6.45) is 2.96. The number of anilines is 1. The number of pyridine rings is 1. The minimum Gasteiger partial charge on any atom is -0.439 e. The molecule has 0 aliphatic carbocycles. The maximum Gasteiger partial charge on any atom is 0.235 e. The molecule has 0 saturated carbocycles. The van der Waals surface area contributed by atoms with Gasteiger partial charge in [-0.25, -0.2) is 13.4 Å². The lowest BCUT2D eigenvalue weighted by Gasteiger charge is -2.12. The van der Waals surface area contributed by atoms with Crippen LogP contribution in [-0.2, 0) is 14.8 Å². The summed E-state index contributed by atoms with van der Waals surface area (Å²) in [5.74, 6) is 0.929. The summed E-state index contributed by atoms with van der Waals surface area (Å²) in [6, 6.07) is 9.94. The molecule has 0 bridgehead atoms. The highest BCUT2D eigenvalue weighted by molar-refractivity contribution is 7.92. The van der Waals surface area contributed by atoms with Crippen LogP contribution < -0.4 is 9.46 Å². The molecule has 1 aromatic carbocycles. The second-order valence-corrected chi connectivity index (χ2v) is 7.66. The van der Waals surface area contributed by atoms with Gasteiger partial charge in [-0.05, 0) is 43.2 Å². The van der Waals surface area contributed by atoms with E-state index in [4.69, 9.17) is 21.1 Å². The summed E-state index contributed by atoms with van der Waals surface area (Å²) in [7, 11) is -3.44. The molecule has 1 fully saturated rings. The van der Waals surface area contributed by atoms with E-state index < -0.39 is 10.0 Å². The Morgan fingerprint density at radius 1 is 1.25 bits per heavy atom. The van der Waals surface area contributed by atoms with E-state index in [1.807, 2.05) is 0 Å². The van der Waals surface area contributed by atoms with Crippen molar-refractivity contribution >= 4 is 27.3 Å². The highest BCUT2D eigenvalue weighted by Gasteiger charge is 2.23. The first kappa shape index (κ1) is 17.0. The van der Waals surface area contributed by atoms with Gasteiger partial charge >= 0.3 is 0 Å². The first-order valence-corrected chi connectivity index (χ1v) is 9.55. The minimum absolute atomic E-state index is 0.0278. The summed E-state index contributed by atoms with van der Waals surface area (Å²) >= 11 is 5.77. The third-order valence-corrected chi connectivity index (χ3v) is 5.06. The molecule has 1 saturated heterocycles. The van der Waals surface area contributed by atoms with E-state index in [-0.39, 0.29) is 11.9 Å². The summed E-state index contributed by atoms with van der Waals surface area (Å²) in [5.41, 5.74) is 0.476. The van der Waals surface area contributed by atoms with Crippen molar-refractivity contribution in [2.24, 2.45) is 0 Å². The molecule has 3 rings (SSSR count). The second kappa shape index (κ2) is 7.38. The number of nitrogens with zero attached hydrogens (tertiary/aromatic N) is 1. The monoisotopic (exact) mass is 368 g/mol.